The average molecular weight is 339 g/mol. The minimum Gasteiger partial charge on any atom is -0.353 e. The first-order valence-electron chi connectivity index (χ1n) is 7.54. The summed E-state index contributed by atoms with van der Waals surface area (Å²) in [5.41, 5.74) is 0. The van der Waals surface area contributed by atoms with Crippen LogP contribution in [0.1, 0.15) is 33.6 Å². The van der Waals surface area contributed by atoms with Gasteiger partial charge >= 0.3 is 0 Å². The van der Waals surface area contributed by atoms with Crippen LogP contribution < -0.4 is 5.32 Å². The van der Waals surface area contributed by atoms with E-state index in [1.54, 1.807) is 11.3 Å². The number of amides is 1. The average Bonchev–Trinajstić information content (AvgIpc) is 3.13. The number of nitrogens with one attached hydrogen (secondary N) is 1. The Morgan fingerprint density at radius 2 is 2.27 bits per heavy atom. The zero-order chi connectivity index (χ0) is 15.9. The minimum atomic E-state index is 0.0503. The third kappa shape index (κ3) is 4.33. The summed E-state index contributed by atoms with van der Waals surface area (Å²) in [6.07, 6.45) is 2.08. The predicted octanol–water partition coefficient (Wildman–Crippen LogP) is 3.42. The van der Waals surface area contributed by atoms with Crippen molar-refractivity contribution in [1.29, 1.82) is 0 Å². The Morgan fingerprint density at radius 1 is 1.45 bits per heavy atom. The molecule has 2 aromatic heterocycles. The molecule has 0 aromatic carbocycles. The van der Waals surface area contributed by atoms with Crippen LogP contribution in [-0.4, -0.2) is 32.5 Å². The molecule has 2 rings (SSSR count). The monoisotopic (exact) mass is 338 g/mol. The SMILES string of the molecule is CCC[C@H](C)NC(=O)CSc1nnc(-c2cccs2)n1CC. The molecule has 0 fully saturated rings. The Balaban J connectivity index is 1.97. The molecule has 0 aliphatic heterocycles. The lowest BCUT2D eigenvalue weighted by molar-refractivity contribution is -0.119. The highest BCUT2D eigenvalue weighted by Crippen LogP contribution is 2.26. The molecule has 0 unspecified atom stereocenters. The molecule has 120 valence electrons. The van der Waals surface area contributed by atoms with Crippen LogP contribution in [0.3, 0.4) is 0 Å². The molecule has 1 N–H and O–H groups in total. The van der Waals surface area contributed by atoms with Gasteiger partial charge in [0.25, 0.3) is 0 Å². The first kappa shape index (κ1) is 17.0. The number of thioether (sulfide) groups is 1. The maximum atomic E-state index is 11.9. The largest absolute Gasteiger partial charge is 0.353 e. The fraction of sp³-hybridized carbons (Fsp3) is 0.533. The van der Waals surface area contributed by atoms with Crippen LogP contribution in [0.25, 0.3) is 10.7 Å². The van der Waals surface area contributed by atoms with Gasteiger partial charge in [-0.2, -0.15) is 0 Å². The molecular formula is C15H22N4OS2. The Labute approximate surface area is 139 Å². The molecule has 0 spiro atoms. The van der Waals surface area contributed by atoms with Gasteiger partial charge in [-0.15, -0.1) is 21.5 Å². The smallest absolute Gasteiger partial charge is 0.230 e. The summed E-state index contributed by atoms with van der Waals surface area (Å²) in [5, 5.41) is 14.3. The maximum absolute atomic E-state index is 11.9. The lowest BCUT2D eigenvalue weighted by atomic mass is 10.2. The topological polar surface area (TPSA) is 59.8 Å². The summed E-state index contributed by atoms with van der Waals surface area (Å²) in [7, 11) is 0. The summed E-state index contributed by atoms with van der Waals surface area (Å²) >= 11 is 3.09. The highest BCUT2D eigenvalue weighted by Gasteiger charge is 2.15. The molecule has 2 heterocycles. The fourth-order valence-corrected chi connectivity index (χ4v) is 3.75. The Hall–Kier alpha value is -1.34. The van der Waals surface area contributed by atoms with Crippen LogP contribution >= 0.6 is 23.1 Å². The molecule has 0 radical (unpaired) electrons. The molecule has 7 heteroatoms. The van der Waals surface area contributed by atoms with E-state index in [2.05, 4.69) is 33.9 Å². The standard InChI is InChI=1S/C15H22N4OS2/c1-4-7-11(3)16-13(20)10-22-15-18-17-14(19(15)5-2)12-8-6-9-21-12/h6,8-9,11H,4-5,7,10H2,1-3H3,(H,16,20)/t11-/m0/s1. The van der Waals surface area contributed by atoms with Crippen LogP contribution in [0, 0.1) is 0 Å². The van der Waals surface area contributed by atoms with E-state index in [0.29, 0.717) is 5.75 Å². The Bertz CT molecular complexity index is 595. The van der Waals surface area contributed by atoms with Crippen molar-refractivity contribution < 1.29 is 4.79 Å². The molecule has 0 aliphatic carbocycles. The summed E-state index contributed by atoms with van der Waals surface area (Å²) in [5.74, 6) is 1.30. The molecule has 1 amide bonds. The number of hydrogen-bond donors (Lipinski definition) is 1. The molecular weight excluding hydrogens is 316 g/mol. The maximum Gasteiger partial charge on any atom is 0.230 e. The second-order valence-corrected chi connectivity index (χ2v) is 6.96. The molecule has 1 atom stereocenters. The third-order valence-electron chi connectivity index (χ3n) is 3.24. The second-order valence-electron chi connectivity index (χ2n) is 5.07. The number of thiophene rings is 1. The number of nitrogens with zero attached hydrogens (tertiary/aromatic N) is 3. The van der Waals surface area contributed by atoms with Crippen LogP contribution in [0.2, 0.25) is 0 Å². The Morgan fingerprint density at radius 3 is 2.91 bits per heavy atom. The normalized spacial score (nSPS) is 12.3. The van der Waals surface area contributed by atoms with E-state index in [4.69, 9.17) is 0 Å². The zero-order valence-electron chi connectivity index (χ0n) is 13.2. The lowest BCUT2D eigenvalue weighted by Crippen LogP contribution is -2.33. The number of carbonyl (C=O) groups is 1. The molecule has 22 heavy (non-hydrogen) atoms. The van der Waals surface area contributed by atoms with Crippen molar-refractivity contribution >= 4 is 29.0 Å². The van der Waals surface area contributed by atoms with E-state index in [-0.39, 0.29) is 11.9 Å². The van der Waals surface area contributed by atoms with E-state index in [1.165, 1.54) is 11.8 Å². The summed E-state index contributed by atoms with van der Waals surface area (Å²) in [4.78, 5) is 13.0. The van der Waals surface area contributed by atoms with Gasteiger partial charge in [0, 0.05) is 12.6 Å². The van der Waals surface area contributed by atoms with Gasteiger partial charge in [0.2, 0.25) is 5.91 Å². The number of carbonyl (C=O) groups excluding carboxylic acids is 1. The fourth-order valence-electron chi connectivity index (χ4n) is 2.22. The molecule has 0 bridgehead atoms. The van der Waals surface area contributed by atoms with Gasteiger partial charge in [0.1, 0.15) is 0 Å². The number of hydrogen-bond acceptors (Lipinski definition) is 5. The van der Waals surface area contributed by atoms with E-state index >= 15 is 0 Å². The predicted molar refractivity (Wildman–Crippen MR) is 92.2 cm³/mol. The van der Waals surface area contributed by atoms with Gasteiger partial charge in [-0.25, -0.2) is 0 Å². The second kappa shape index (κ2) is 8.33. The van der Waals surface area contributed by atoms with Crippen LogP contribution in [0.4, 0.5) is 0 Å². The van der Waals surface area contributed by atoms with Gasteiger partial charge in [-0.3, -0.25) is 4.79 Å². The first-order valence-corrected chi connectivity index (χ1v) is 9.41. The van der Waals surface area contributed by atoms with E-state index in [1.807, 2.05) is 24.4 Å². The molecule has 0 saturated carbocycles. The summed E-state index contributed by atoms with van der Waals surface area (Å²) in [6.45, 7) is 7.01. The van der Waals surface area contributed by atoms with Gasteiger partial charge in [-0.1, -0.05) is 31.2 Å². The van der Waals surface area contributed by atoms with Crippen molar-refractivity contribution in [2.75, 3.05) is 5.75 Å². The van der Waals surface area contributed by atoms with Gasteiger partial charge in [0.15, 0.2) is 11.0 Å². The van der Waals surface area contributed by atoms with Crippen molar-refractivity contribution in [3.8, 4) is 10.7 Å². The quantitative estimate of drug-likeness (QED) is 0.749. The van der Waals surface area contributed by atoms with Gasteiger partial charge in [0.05, 0.1) is 10.6 Å². The molecule has 0 saturated heterocycles. The van der Waals surface area contributed by atoms with Crippen molar-refractivity contribution in [3.63, 3.8) is 0 Å². The minimum absolute atomic E-state index is 0.0503. The van der Waals surface area contributed by atoms with Crippen LogP contribution in [0.5, 0.6) is 0 Å². The third-order valence-corrected chi connectivity index (χ3v) is 5.07. The highest BCUT2D eigenvalue weighted by atomic mass is 32.2. The van der Waals surface area contributed by atoms with Crippen LogP contribution in [-0.2, 0) is 11.3 Å². The van der Waals surface area contributed by atoms with E-state index < -0.39 is 0 Å². The molecule has 0 aliphatic rings. The van der Waals surface area contributed by atoms with Gasteiger partial charge in [-0.05, 0) is 31.7 Å². The van der Waals surface area contributed by atoms with E-state index in [9.17, 15) is 4.79 Å². The number of rotatable bonds is 8. The highest BCUT2D eigenvalue weighted by molar-refractivity contribution is 7.99. The number of aromatic nitrogens is 3. The van der Waals surface area contributed by atoms with Crippen molar-refractivity contribution in [2.24, 2.45) is 0 Å². The molecule has 5 nitrogen and oxygen atoms in total. The summed E-state index contributed by atoms with van der Waals surface area (Å²) < 4.78 is 2.05. The lowest BCUT2D eigenvalue weighted by Gasteiger charge is -2.12. The van der Waals surface area contributed by atoms with Crippen molar-refractivity contribution in [2.45, 2.75) is 51.4 Å². The zero-order valence-corrected chi connectivity index (χ0v) is 14.8. The van der Waals surface area contributed by atoms with Crippen molar-refractivity contribution in [3.05, 3.63) is 17.5 Å². The van der Waals surface area contributed by atoms with E-state index in [0.717, 1.165) is 35.2 Å². The van der Waals surface area contributed by atoms with Gasteiger partial charge < -0.3 is 9.88 Å². The first-order chi connectivity index (χ1) is 10.7. The Kier molecular flexibility index (Phi) is 6.45. The van der Waals surface area contributed by atoms with Crippen molar-refractivity contribution in [1.82, 2.24) is 20.1 Å². The van der Waals surface area contributed by atoms with Crippen LogP contribution in [0.15, 0.2) is 22.7 Å². The summed E-state index contributed by atoms with van der Waals surface area (Å²) in [6, 6.07) is 4.27. The molecule has 2 aromatic rings.